The molecule has 0 radical (unpaired) electrons. The molecule has 2 N–H and O–H groups in total. The zero-order valence-corrected chi connectivity index (χ0v) is 12.9. The van der Waals surface area contributed by atoms with Gasteiger partial charge in [0.1, 0.15) is 10.6 Å². The van der Waals surface area contributed by atoms with Gasteiger partial charge in [0.15, 0.2) is 0 Å². The van der Waals surface area contributed by atoms with E-state index < -0.39 is 10.0 Å². The second-order valence-electron chi connectivity index (χ2n) is 4.22. The first-order valence-corrected chi connectivity index (χ1v) is 7.71. The van der Waals surface area contributed by atoms with Crippen LogP contribution in [0.15, 0.2) is 23.1 Å². The van der Waals surface area contributed by atoms with Crippen LogP contribution in [-0.4, -0.2) is 46.6 Å². The van der Waals surface area contributed by atoms with E-state index >= 15 is 0 Å². The van der Waals surface area contributed by atoms with E-state index in [4.69, 9.17) is 20.5 Å². The maximum absolute atomic E-state index is 12.7. The van der Waals surface area contributed by atoms with Crippen LogP contribution in [0.1, 0.15) is 6.42 Å². The van der Waals surface area contributed by atoms with Gasteiger partial charge in [0.05, 0.1) is 19.8 Å². The SMILES string of the molecule is COCCN(CCC#N)S(=O)(=O)c1cc(N)ccc1OC. The minimum absolute atomic E-state index is 0.0148. The third-order valence-corrected chi connectivity index (χ3v) is 4.74. The molecule has 0 aromatic heterocycles. The molecule has 1 aromatic carbocycles. The molecule has 0 fully saturated rings. The Balaban J connectivity index is 3.21. The molecule has 1 rings (SSSR count). The Morgan fingerprint density at radius 1 is 1.33 bits per heavy atom. The molecule has 0 heterocycles. The number of rotatable bonds is 8. The highest BCUT2D eigenvalue weighted by atomic mass is 32.2. The van der Waals surface area contributed by atoms with Crippen LogP contribution >= 0.6 is 0 Å². The predicted molar refractivity (Wildman–Crippen MR) is 78.3 cm³/mol. The lowest BCUT2D eigenvalue weighted by molar-refractivity contribution is 0.179. The van der Waals surface area contributed by atoms with Crippen molar-refractivity contribution in [1.82, 2.24) is 4.31 Å². The summed E-state index contributed by atoms with van der Waals surface area (Å²) in [5.74, 6) is 0.212. The van der Waals surface area contributed by atoms with E-state index in [0.717, 1.165) is 0 Å². The molecule has 1 aromatic rings. The molecule has 8 heteroatoms. The van der Waals surface area contributed by atoms with Crippen LogP contribution in [0.5, 0.6) is 5.75 Å². The van der Waals surface area contributed by atoms with Gasteiger partial charge in [0.25, 0.3) is 0 Å². The third-order valence-electron chi connectivity index (χ3n) is 2.82. The fourth-order valence-corrected chi connectivity index (χ4v) is 3.37. The largest absolute Gasteiger partial charge is 0.495 e. The monoisotopic (exact) mass is 313 g/mol. The Bertz CT molecular complexity index is 610. The minimum Gasteiger partial charge on any atom is -0.495 e. The second-order valence-corrected chi connectivity index (χ2v) is 6.12. The number of ether oxygens (including phenoxy) is 2. The number of hydrogen-bond donors (Lipinski definition) is 1. The first-order chi connectivity index (χ1) is 9.97. The Labute approximate surface area is 124 Å². The quantitative estimate of drug-likeness (QED) is 0.713. The summed E-state index contributed by atoms with van der Waals surface area (Å²) in [7, 11) is -0.943. The van der Waals surface area contributed by atoms with Crippen LogP contribution in [0.25, 0.3) is 0 Å². The molecule has 0 unspecified atom stereocenters. The number of methoxy groups -OCH3 is 2. The molecule has 116 valence electrons. The number of benzene rings is 1. The zero-order chi connectivity index (χ0) is 15.9. The van der Waals surface area contributed by atoms with Crippen LogP contribution in [-0.2, 0) is 14.8 Å². The summed E-state index contributed by atoms with van der Waals surface area (Å²) in [6.45, 7) is 0.466. The van der Waals surface area contributed by atoms with Gasteiger partial charge in [-0.2, -0.15) is 9.57 Å². The maximum atomic E-state index is 12.7. The highest BCUT2D eigenvalue weighted by molar-refractivity contribution is 7.89. The van der Waals surface area contributed by atoms with E-state index in [9.17, 15) is 8.42 Å². The predicted octanol–water partition coefficient (Wildman–Crippen LogP) is 0.828. The summed E-state index contributed by atoms with van der Waals surface area (Å²) in [6.07, 6.45) is 0.0908. The molecular weight excluding hydrogens is 294 g/mol. The molecule has 7 nitrogen and oxygen atoms in total. The number of nitrogens with zero attached hydrogens (tertiary/aromatic N) is 2. The summed E-state index contributed by atoms with van der Waals surface area (Å²) in [5.41, 5.74) is 5.98. The van der Waals surface area contributed by atoms with Crippen molar-refractivity contribution >= 4 is 15.7 Å². The van der Waals surface area contributed by atoms with Crippen LogP contribution in [0.3, 0.4) is 0 Å². The molecule has 0 bridgehead atoms. The van der Waals surface area contributed by atoms with Gasteiger partial charge < -0.3 is 15.2 Å². The van der Waals surface area contributed by atoms with Crippen LogP contribution in [0, 0.1) is 11.3 Å². The molecule has 0 saturated heterocycles. The van der Waals surface area contributed by atoms with Crippen molar-refractivity contribution in [3.63, 3.8) is 0 Å². The lowest BCUT2D eigenvalue weighted by Gasteiger charge is -2.22. The van der Waals surface area contributed by atoms with E-state index in [-0.39, 0.29) is 36.8 Å². The Kier molecular flexibility index (Phi) is 6.42. The molecule has 0 atom stereocenters. The van der Waals surface area contributed by atoms with Crippen LogP contribution < -0.4 is 10.5 Å². The fourth-order valence-electron chi connectivity index (χ4n) is 1.75. The van der Waals surface area contributed by atoms with Gasteiger partial charge in [-0.05, 0) is 18.2 Å². The molecule has 0 aliphatic heterocycles. The number of nitrogen functional groups attached to an aromatic ring is 1. The van der Waals surface area contributed by atoms with Gasteiger partial charge in [-0.3, -0.25) is 0 Å². The number of anilines is 1. The minimum atomic E-state index is -3.81. The molecule has 0 aliphatic carbocycles. The molecule has 0 aliphatic rings. The summed E-state index contributed by atoms with van der Waals surface area (Å²) < 4.78 is 36.6. The van der Waals surface area contributed by atoms with Gasteiger partial charge >= 0.3 is 0 Å². The highest BCUT2D eigenvalue weighted by Gasteiger charge is 2.27. The highest BCUT2D eigenvalue weighted by Crippen LogP contribution is 2.28. The van der Waals surface area contributed by atoms with Crippen molar-refractivity contribution < 1.29 is 17.9 Å². The molecule has 0 amide bonds. The number of nitrogens with two attached hydrogens (primary N) is 1. The Hall–Kier alpha value is -1.82. The first-order valence-electron chi connectivity index (χ1n) is 6.27. The zero-order valence-electron chi connectivity index (χ0n) is 12.1. The van der Waals surface area contributed by atoms with E-state index in [0.29, 0.717) is 5.69 Å². The second kappa shape index (κ2) is 7.83. The van der Waals surface area contributed by atoms with E-state index in [2.05, 4.69) is 0 Å². The van der Waals surface area contributed by atoms with Gasteiger partial charge in [-0.25, -0.2) is 8.42 Å². The molecule has 21 heavy (non-hydrogen) atoms. The Morgan fingerprint density at radius 2 is 2.05 bits per heavy atom. The van der Waals surface area contributed by atoms with E-state index in [1.54, 1.807) is 6.07 Å². The Morgan fingerprint density at radius 3 is 2.62 bits per heavy atom. The molecule has 0 spiro atoms. The van der Waals surface area contributed by atoms with Crippen molar-refractivity contribution in [1.29, 1.82) is 5.26 Å². The van der Waals surface area contributed by atoms with Gasteiger partial charge in [-0.1, -0.05) is 0 Å². The fraction of sp³-hybridized carbons (Fsp3) is 0.462. The topological polar surface area (TPSA) is 106 Å². The standard InChI is InChI=1S/C13H19N3O4S/c1-19-9-8-16(7-3-6-14)21(17,18)13-10-11(15)4-5-12(13)20-2/h4-5,10H,3,7-9,15H2,1-2H3. The van der Waals surface area contributed by atoms with Gasteiger partial charge in [0, 0.05) is 32.3 Å². The van der Waals surface area contributed by atoms with Crippen molar-refractivity contribution in [3.8, 4) is 11.8 Å². The molecule has 0 saturated carbocycles. The lowest BCUT2D eigenvalue weighted by atomic mass is 10.3. The van der Waals surface area contributed by atoms with Crippen LogP contribution in [0.4, 0.5) is 5.69 Å². The smallest absolute Gasteiger partial charge is 0.246 e. The third kappa shape index (κ3) is 4.32. The molecular formula is C13H19N3O4S. The number of hydrogen-bond acceptors (Lipinski definition) is 6. The maximum Gasteiger partial charge on any atom is 0.246 e. The van der Waals surface area contributed by atoms with Crippen molar-refractivity contribution in [3.05, 3.63) is 18.2 Å². The normalized spacial score (nSPS) is 11.3. The van der Waals surface area contributed by atoms with Gasteiger partial charge in [-0.15, -0.1) is 0 Å². The summed E-state index contributed by atoms with van der Waals surface area (Å²) in [6, 6.07) is 6.35. The number of nitriles is 1. The first kappa shape index (κ1) is 17.2. The number of sulfonamides is 1. The average molecular weight is 313 g/mol. The summed E-state index contributed by atoms with van der Waals surface area (Å²) in [4.78, 5) is -0.0148. The van der Waals surface area contributed by atoms with Gasteiger partial charge in [0.2, 0.25) is 10.0 Å². The lowest BCUT2D eigenvalue weighted by Crippen LogP contribution is -2.35. The average Bonchev–Trinajstić information content (AvgIpc) is 2.47. The van der Waals surface area contributed by atoms with Crippen molar-refractivity contribution in [2.24, 2.45) is 0 Å². The van der Waals surface area contributed by atoms with Crippen molar-refractivity contribution in [2.45, 2.75) is 11.3 Å². The summed E-state index contributed by atoms with van der Waals surface area (Å²) in [5, 5.41) is 8.67. The van der Waals surface area contributed by atoms with Crippen molar-refractivity contribution in [2.75, 3.05) is 39.6 Å². The van der Waals surface area contributed by atoms with E-state index in [1.165, 1.54) is 30.7 Å². The van der Waals surface area contributed by atoms with Crippen LogP contribution in [0.2, 0.25) is 0 Å². The van der Waals surface area contributed by atoms with E-state index in [1.807, 2.05) is 6.07 Å². The summed E-state index contributed by atoms with van der Waals surface area (Å²) >= 11 is 0.